The summed E-state index contributed by atoms with van der Waals surface area (Å²) in [6.07, 6.45) is 0. The van der Waals surface area contributed by atoms with Gasteiger partial charge in [-0.05, 0) is 37.1 Å². The summed E-state index contributed by atoms with van der Waals surface area (Å²) in [4.78, 5) is 0. The maximum atomic E-state index is 9.13. The minimum absolute atomic E-state index is 0.136. The summed E-state index contributed by atoms with van der Waals surface area (Å²) in [7, 11) is 0. The van der Waals surface area contributed by atoms with E-state index in [2.05, 4.69) is 6.07 Å². The standard InChI is InChI=1S/C11H14N2O/c1-8-3-4-9(6-12)5-10(8)11(2,13)7-14/h3-5,14H,7,13H2,1-2H3/t11-/m0/s1. The molecule has 0 saturated heterocycles. The Kier molecular flexibility index (Phi) is 2.90. The lowest BCUT2D eigenvalue weighted by atomic mass is 9.89. The molecule has 3 heteroatoms. The Morgan fingerprint density at radius 2 is 2.21 bits per heavy atom. The fraction of sp³-hybridized carbons (Fsp3) is 0.364. The lowest BCUT2D eigenvalue weighted by molar-refractivity contribution is 0.209. The molecule has 0 heterocycles. The van der Waals surface area contributed by atoms with Gasteiger partial charge in [0.15, 0.2) is 0 Å². The minimum Gasteiger partial charge on any atom is -0.394 e. The van der Waals surface area contributed by atoms with E-state index < -0.39 is 5.54 Å². The Labute approximate surface area is 83.8 Å². The predicted octanol–water partition coefficient (Wildman–Crippen LogP) is 1.03. The summed E-state index contributed by atoms with van der Waals surface area (Å²) in [5.41, 5.74) is 7.49. The Hall–Kier alpha value is -1.37. The van der Waals surface area contributed by atoms with Crippen LogP contribution in [-0.4, -0.2) is 11.7 Å². The predicted molar refractivity (Wildman–Crippen MR) is 54.5 cm³/mol. The van der Waals surface area contributed by atoms with E-state index in [1.807, 2.05) is 13.0 Å². The number of hydrogen-bond acceptors (Lipinski definition) is 3. The van der Waals surface area contributed by atoms with Gasteiger partial charge in [-0.1, -0.05) is 6.07 Å². The molecule has 1 atom stereocenters. The molecule has 0 aliphatic rings. The fourth-order valence-electron chi connectivity index (χ4n) is 1.39. The molecule has 0 radical (unpaired) electrons. The third-order valence-electron chi connectivity index (χ3n) is 2.31. The number of aryl methyl sites for hydroxylation is 1. The molecule has 14 heavy (non-hydrogen) atoms. The van der Waals surface area contributed by atoms with Crippen LogP contribution < -0.4 is 5.73 Å². The van der Waals surface area contributed by atoms with Crippen molar-refractivity contribution in [3.63, 3.8) is 0 Å². The van der Waals surface area contributed by atoms with Crippen molar-refractivity contribution >= 4 is 0 Å². The van der Waals surface area contributed by atoms with Crippen molar-refractivity contribution in [2.24, 2.45) is 5.73 Å². The van der Waals surface area contributed by atoms with Crippen LogP contribution in [0.4, 0.5) is 0 Å². The number of aliphatic hydroxyl groups excluding tert-OH is 1. The van der Waals surface area contributed by atoms with Crippen molar-refractivity contribution < 1.29 is 5.11 Å². The van der Waals surface area contributed by atoms with E-state index in [0.29, 0.717) is 5.56 Å². The van der Waals surface area contributed by atoms with Gasteiger partial charge in [-0.3, -0.25) is 0 Å². The third kappa shape index (κ3) is 1.92. The molecule has 1 aromatic carbocycles. The second kappa shape index (κ2) is 3.79. The quantitative estimate of drug-likeness (QED) is 0.731. The Morgan fingerprint density at radius 1 is 1.57 bits per heavy atom. The number of benzene rings is 1. The van der Waals surface area contributed by atoms with Crippen LogP contribution in [0.1, 0.15) is 23.6 Å². The molecule has 0 bridgehead atoms. The maximum Gasteiger partial charge on any atom is 0.0991 e. The lowest BCUT2D eigenvalue weighted by Crippen LogP contribution is -2.37. The van der Waals surface area contributed by atoms with Crippen molar-refractivity contribution in [3.8, 4) is 6.07 Å². The summed E-state index contributed by atoms with van der Waals surface area (Å²) in [6.45, 7) is 3.52. The molecule has 3 nitrogen and oxygen atoms in total. The van der Waals surface area contributed by atoms with Gasteiger partial charge in [-0.25, -0.2) is 0 Å². The van der Waals surface area contributed by atoms with Crippen molar-refractivity contribution in [2.45, 2.75) is 19.4 Å². The molecule has 3 N–H and O–H groups in total. The molecule has 0 aromatic heterocycles. The zero-order valence-electron chi connectivity index (χ0n) is 8.41. The number of nitrogens with two attached hydrogens (primary N) is 1. The first kappa shape index (κ1) is 10.7. The first-order chi connectivity index (χ1) is 6.51. The maximum absolute atomic E-state index is 9.13. The average Bonchev–Trinajstić information content (AvgIpc) is 2.18. The van der Waals surface area contributed by atoms with E-state index in [4.69, 9.17) is 16.1 Å². The number of hydrogen-bond donors (Lipinski definition) is 2. The lowest BCUT2D eigenvalue weighted by Gasteiger charge is -2.24. The number of rotatable bonds is 2. The van der Waals surface area contributed by atoms with Crippen LogP contribution in [-0.2, 0) is 5.54 Å². The molecule has 0 saturated carbocycles. The monoisotopic (exact) mass is 190 g/mol. The molecule has 0 fully saturated rings. The van der Waals surface area contributed by atoms with E-state index in [0.717, 1.165) is 11.1 Å². The van der Waals surface area contributed by atoms with Gasteiger partial charge in [0.2, 0.25) is 0 Å². The number of nitrogens with zero attached hydrogens (tertiary/aromatic N) is 1. The topological polar surface area (TPSA) is 70.0 Å². The van der Waals surface area contributed by atoms with Gasteiger partial charge in [-0.15, -0.1) is 0 Å². The second-order valence-corrected chi connectivity index (χ2v) is 3.72. The van der Waals surface area contributed by atoms with E-state index in [1.165, 1.54) is 0 Å². The molecular formula is C11H14N2O. The molecule has 1 aromatic rings. The zero-order valence-corrected chi connectivity index (χ0v) is 8.41. The van der Waals surface area contributed by atoms with Gasteiger partial charge in [-0.2, -0.15) is 5.26 Å². The fourth-order valence-corrected chi connectivity index (χ4v) is 1.39. The van der Waals surface area contributed by atoms with E-state index >= 15 is 0 Å². The average molecular weight is 190 g/mol. The SMILES string of the molecule is Cc1ccc(C#N)cc1[C@@](C)(N)CO. The van der Waals surface area contributed by atoms with Crippen LogP contribution in [0.15, 0.2) is 18.2 Å². The summed E-state index contributed by atoms with van der Waals surface area (Å²) in [5.74, 6) is 0. The van der Waals surface area contributed by atoms with Gasteiger partial charge in [0.1, 0.15) is 0 Å². The third-order valence-corrected chi connectivity index (χ3v) is 2.31. The highest BCUT2D eigenvalue weighted by molar-refractivity contribution is 5.41. The number of aliphatic hydroxyl groups is 1. The molecule has 1 rings (SSSR count). The van der Waals surface area contributed by atoms with Crippen LogP contribution in [0, 0.1) is 18.3 Å². The zero-order chi connectivity index (χ0) is 10.8. The van der Waals surface area contributed by atoms with Gasteiger partial charge < -0.3 is 10.8 Å². The van der Waals surface area contributed by atoms with Crippen LogP contribution >= 0.6 is 0 Å². The van der Waals surface area contributed by atoms with Crippen molar-refractivity contribution in [2.75, 3.05) is 6.61 Å². The van der Waals surface area contributed by atoms with Crippen LogP contribution in [0.3, 0.4) is 0 Å². The summed E-state index contributed by atoms with van der Waals surface area (Å²) < 4.78 is 0. The molecule has 0 aliphatic carbocycles. The van der Waals surface area contributed by atoms with Crippen LogP contribution in [0.25, 0.3) is 0 Å². The first-order valence-electron chi connectivity index (χ1n) is 4.42. The first-order valence-corrected chi connectivity index (χ1v) is 4.42. The molecular weight excluding hydrogens is 176 g/mol. The van der Waals surface area contributed by atoms with Gasteiger partial charge in [0.25, 0.3) is 0 Å². The Bertz CT molecular complexity index is 377. The van der Waals surface area contributed by atoms with E-state index in [-0.39, 0.29) is 6.61 Å². The van der Waals surface area contributed by atoms with Gasteiger partial charge in [0, 0.05) is 0 Å². The minimum atomic E-state index is -0.781. The molecule has 0 amide bonds. The number of nitriles is 1. The summed E-state index contributed by atoms with van der Waals surface area (Å²) in [5, 5.41) is 17.9. The second-order valence-electron chi connectivity index (χ2n) is 3.72. The highest BCUT2D eigenvalue weighted by Gasteiger charge is 2.22. The molecule has 0 aliphatic heterocycles. The van der Waals surface area contributed by atoms with E-state index in [9.17, 15) is 0 Å². The Balaban J connectivity index is 3.27. The largest absolute Gasteiger partial charge is 0.394 e. The van der Waals surface area contributed by atoms with Crippen molar-refractivity contribution in [1.82, 2.24) is 0 Å². The molecule has 74 valence electrons. The van der Waals surface area contributed by atoms with E-state index in [1.54, 1.807) is 19.1 Å². The Morgan fingerprint density at radius 3 is 2.71 bits per heavy atom. The normalized spacial score (nSPS) is 14.5. The highest BCUT2D eigenvalue weighted by Crippen LogP contribution is 2.22. The van der Waals surface area contributed by atoms with Gasteiger partial charge in [0.05, 0.1) is 23.8 Å². The smallest absolute Gasteiger partial charge is 0.0991 e. The summed E-state index contributed by atoms with van der Waals surface area (Å²) in [6, 6.07) is 7.37. The molecule has 0 unspecified atom stereocenters. The summed E-state index contributed by atoms with van der Waals surface area (Å²) >= 11 is 0. The highest BCUT2D eigenvalue weighted by atomic mass is 16.3. The van der Waals surface area contributed by atoms with Crippen LogP contribution in [0.2, 0.25) is 0 Å². The van der Waals surface area contributed by atoms with Crippen LogP contribution in [0.5, 0.6) is 0 Å². The molecule has 0 spiro atoms. The van der Waals surface area contributed by atoms with Crippen molar-refractivity contribution in [1.29, 1.82) is 5.26 Å². The van der Waals surface area contributed by atoms with Gasteiger partial charge >= 0.3 is 0 Å². The van der Waals surface area contributed by atoms with Crippen molar-refractivity contribution in [3.05, 3.63) is 34.9 Å².